The molecule has 1 aromatic heterocycles. The summed E-state index contributed by atoms with van der Waals surface area (Å²) < 4.78 is 5.27. The first-order valence-electron chi connectivity index (χ1n) is 5.37. The zero-order chi connectivity index (χ0) is 12.0. The van der Waals surface area contributed by atoms with Crippen LogP contribution in [0.1, 0.15) is 31.8 Å². The van der Waals surface area contributed by atoms with Crippen LogP contribution in [0.15, 0.2) is 6.07 Å². The molecule has 16 heavy (non-hydrogen) atoms. The number of aryl methyl sites for hydroxylation is 2. The van der Waals surface area contributed by atoms with Crippen molar-refractivity contribution in [2.24, 2.45) is 0 Å². The third-order valence-corrected chi connectivity index (χ3v) is 2.05. The van der Waals surface area contributed by atoms with Crippen LogP contribution in [0, 0.1) is 0 Å². The van der Waals surface area contributed by atoms with Crippen molar-refractivity contribution in [3.8, 4) is 5.88 Å². The predicted octanol–water partition coefficient (Wildman–Crippen LogP) is 1.45. The van der Waals surface area contributed by atoms with Crippen LogP contribution in [0.4, 0.5) is 0 Å². The van der Waals surface area contributed by atoms with Gasteiger partial charge in [-0.15, -0.1) is 0 Å². The quantitative estimate of drug-likeness (QED) is 0.791. The smallest absolute Gasteiger partial charge is 0.306 e. The molecule has 0 atom stereocenters. The second-order valence-corrected chi connectivity index (χ2v) is 3.31. The number of carboxylic acids is 1. The highest BCUT2D eigenvalue weighted by molar-refractivity contribution is 5.66. The lowest BCUT2D eigenvalue weighted by atomic mass is 10.3. The summed E-state index contributed by atoms with van der Waals surface area (Å²) >= 11 is 0. The van der Waals surface area contributed by atoms with E-state index in [1.54, 1.807) is 6.07 Å². The van der Waals surface area contributed by atoms with Crippen LogP contribution in [0.2, 0.25) is 0 Å². The van der Waals surface area contributed by atoms with Gasteiger partial charge in [-0.3, -0.25) is 4.79 Å². The first kappa shape index (κ1) is 12.4. The number of carboxylic acid groups (broad SMARTS) is 1. The summed E-state index contributed by atoms with van der Waals surface area (Å²) in [6.07, 6.45) is 1.53. The van der Waals surface area contributed by atoms with E-state index in [-0.39, 0.29) is 13.0 Å². The van der Waals surface area contributed by atoms with E-state index >= 15 is 0 Å². The third-order valence-electron chi connectivity index (χ3n) is 2.05. The maximum atomic E-state index is 10.3. The second kappa shape index (κ2) is 6.05. The number of hydrogen-bond donors (Lipinski definition) is 1. The number of rotatable bonds is 6. The lowest BCUT2D eigenvalue weighted by Gasteiger charge is -2.06. The van der Waals surface area contributed by atoms with Crippen molar-refractivity contribution in [3.05, 3.63) is 17.6 Å². The van der Waals surface area contributed by atoms with Crippen molar-refractivity contribution < 1.29 is 14.6 Å². The molecule has 0 aromatic carbocycles. The Balaban J connectivity index is 2.67. The van der Waals surface area contributed by atoms with Crippen LogP contribution in [-0.2, 0) is 17.6 Å². The first-order chi connectivity index (χ1) is 7.65. The summed E-state index contributed by atoms with van der Waals surface area (Å²) in [7, 11) is 0. The zero-order valence-electron chi connectivity index (χ0n) is 9.56. The van der Waals surface area contributed by atoms with Gasteiger partial charge in [-0.25, -0.2) is 4.98 Å². The molecule has 0 aliphatic heterocycles. The molecule has 0 saturated heterocycles. The summed E-state index contributed by atoms with van der Waals surface area (Å²) in [4.78, 5) is 18.8. The van der Waals surface area contributed by atoms with Gasteiger partial charge in [0, 0.05) is 18.2 Å². The lowest BCUT2D eigenvalue weighted by molar-refractivity contribution is -0.137. The Bertz CT molecular complexity index is 344. The standard InChI is InChI=1S/C11H16N2O3/c1-3-8-7-10(13-9(4-2)12-8)16-6-5-11(14)15/h7H,3-6H2,1-2H3,(H,14,15). The fourth-order valence-corrected chi connectivity index (χ4v) is 1.18. The maximum Gasteiger partial charge on any atom is 0.306 e. The van der Waals surface area contributed by atoms with Crippen LogP contribution in [0.3, 0.4) is 0 Å². The normalized spacial score (nSPS) is 10.1. The molecule has 0 aliphatic rings. The molecule has 0 radical (unpaired) electrons. The molecule has 5 nitrogen and oxygen atoms in total. The Morgan fingerprint density at radius 2 is 2.12 bits per heavy atom. The number of aromatic nitrogens is 2. The van der Waals surface area contributed by atoms with Crippen LogP contribution >= 0.6 is 0 Å². The van der Waals surface area contributed by atoms with Crippen molar-refractivity contribution in [1.29, 1.82) is 0 Å². The van der Waals surface area contributed by atoms with E-state index in [4.69, 9.17) is 9.84 Å². The Hall–Kier alpha value is -1.65. The molecule has 0 fully saturated rings. The average Bonchev–Trinajstić information content (AvgIpc) is 2.28. The molecule has 0 amide bonds. The third kappa shape index (κ3) is 3.84. The Morgan fingerprint density at radius 3 is 2.69 bits per heavy atom. The van der Waals surface area contributed by atoms with Gasteiger partial charge in [-0.1, -0.05) is 13.8 Å². The summed E-state index contributed by atoms with van der Waals surface area (Å²) in [5, 5.41) is 8.48. The molecule has 1 rings (SSSR count). The first-order valence-corrected chi connectivity index (χ1v) is 5.37. The van der Waals surface area contributed by atoms with Gasteiger partial charge in [0.05, 0.1) is 6.42 Å². The van der Waals surface area contributed by atoms with Crippen molar-refractivity contribution in [1.82, 2.24) is 9.97 Å². The number of nitrogens with zero attached hydrogens (tertiary/aromatic N) is 2. The highest BCUT2D eigenvalue weighted by Crippen LogP contribution is 2.10. The predicted molar refractivity (Wildman–Crippen MR) is 58.5 cm³/mol. The van der Waals surface area contributed by atoms with E-state index in [2.05, 4.69) is 9.97 Å². The Kier molecular flexibility index (Phi) is 4.69. The SMILES string of the molecule is CCc1cc(OCCC(=O)O)nc(CC)n1. The Labute approximate surface area is 94.5 Å². The molecule has 5 heteroatoms. The highest BCUT2D eigenvalue weighted by Gasteiger charge is 2.04. The van der Waals surface area contributed by atoms with E-state index in [1.165, 1.54) is 0 Å². The fraction of sp³-hybridized carbons (Fsp3) is 0.545. The largest absolute Gasteiger partial charge is 0.481 e. The van der Waals surface area contributed by atoms with Gasteiger partial charge in [0.1, 0.15) is 12.4 Å². The van der Waals surface area contributed by atoms with Crippen LogP contribution < -0.4 is 4.74 Å². The van der Waals surface area contributed by atoms with E-state index in [0.717, 1.165) is 24.4 Å². The number of ether oxygens (including phenoxy) is 1. The summed E-state index contributed by atoms with van der Waals surface area (Å²) in [6, 6.07) is 1.75. The minimum atomic E-state index is -0.875. The summed E-state index contributed by atoms with van der Waals surface area (Å²) in [5.41, 5.74) is 0.914. The molecule has 0 unspecified atom stereocenters. The molecular formula is C11H16N2O3. The van der Waals surface area contributed by atoms with Crippen molar-refractivity contribution in [3.63, 3.8) is 0 Å². The van der Waals surface area contributed by atoms with Crippen LogP contribution in [0.5, 0.6) is 5.88 Å². The zero-order valence-corrected chi connectivity index (χ0v) is 9.56. The minimum absolute atomic E-state index is 0.0209. The molecular weight excluding hydrogens is 208 g/mol. The van der Waals surface area contributed by atoms with Gasteiger partial charge in [0.2, 0.25) is 5.88 Å². The van der Waals surface area contributed by atoms with Crippen LogP contribution in [-0.4, -0.2) is 27.7 Å². The molecule has 1 heterocycles. The van der Waals surface area contributed by atoms with Crippen LogP contribution in [0.25, 0.3) is 0 Å². The summed E-state index contributed by atoms with van der Waals surface area (Å²) in [5.74, 6) is 0.315. The van der Waals surface area contributed by atoms with E-state index in [9.17, 15) is 4.79 Å². The van der Waals surface area contributed by atoms with Crippen molar-refractivity contribution in [2.75, 3.05) is 6.61 Å². The maximum absolute atomic E-state index is 10.3. The van der Waals surface area contributed by atoms with Gasteiger partial charge in [-0.2, -0.15) is 4.98 Å². The molecule has 1 aromatic rings. The molecule has 1 N–H and O–H groups in total. The molecule has 0 aliphatic carbocycles. The number of carbonyl (C=O) groups is 1. The molecule has 0 bridgehead atoms. The highest BCUT2D eigenvalue weighted by atomic mass is 16.5. The van der Waals surface area contributed by atoms with Gasteiger partial charge < -0.3 is 9.84 Å². The molecule has 0 spiro atoms. The minimum Gasteiger partial charge on any atom is -0.481 e. The summed E-state index contributed by atoms with van der Waals surface area (Å²) in [6.45, 7) is 4.11. The fourth-order valence-electron chi connectivity index (χ4n) is 1.18. The lowest BCUT2D eigenvalue weighted by Crippen LogP contribution is -2.07. The van der Waals surface area contributed by atoms with Gasteiger partial charge in [-0.05, 0) is 6.42 Å². The van der Waals surface area contributed by atoms with Gasteiger partial charge >= 0.3 is 5.97 Å². The average molecular weight is 224 g/mol. The second-order valence-electron chi connectivity index (χ2n) is 3.31. The van der Waals surface area contributed by atoms with E-state index in [0.29, 0.717) is 5.88 Å². The van der Waals surface area contributed by atoms with E-state index < -0.39 is 5.97 Å². The van der Waals surface area contributed by atoms with E-state index in [1.807, 2.05) is 13.8 Å². The topological polar surface area (TPSA) is 72.3 Å². The van der Waals surface area contributed by atoms with Gasteiger partial charge in [0.15, 0.2) is 0 Å². The van der Waals surface area contributed by atoms with Crippen molar-refractivity contribution >= 4 is 5.97 Å². The monoisotopic (exact) mass is 224 g/mol. The van der Waals surface area contributed by atoms with Gasteiger partial charge in [0.25, 0.3) is 0 Å². The Morgan fingerprint density at radius 1 is 1.38 bits per heavy atom. The molecule has 0 saturated carbocycles. The van der Waals surface area contributed by atoms with Crippen molar-refractivity contribution in [2.45, 2.75) is 33.1 Å². The molecule has 88 valence electrons. The number of aliphatic carboxylic acids is 1. The number of hydrogen-bond acceptors (Lipinski definition) is 4.